The van der Waals surface area contributed by atoms with Crippen molar-refractivity contribution < 1.29 is 23.7 Å². The highest BCUT2D eigenvalue weighted by Gasteiger charge is 2.36. The van der Waals surface area contributed by atoms with Crippen LogP contribution in [0.25, 0.3) is 17.4 Å². The minimum atomic E-state index is -0.618. The Hall–Kier alpha value is -4.18. The molecule has 2 heterocycles. The third kappa shape index (κ3) is 4.85. The minimum absolute atomic E-state index is 0.0896. The van der Waals surface area contributed by atoms with Crippen LogP contribution in [-0.4, -0.2) is 33.4 Å². The first kappa shape index (κ1) is 22.0. The molecule has 0 aliphatic carbocycles. The van der Waals surface area contributed by atoms with E-state index >= 15 is 0 Å². The largest absolute Gasteiger partial charge is 0.456 e. The fourth-order valence-corrected chi connectivity index (χ4v) is 4.07. The molecule has 9 nitrogen and oxygen atoms in total. The number of nitrogens with zero attached hydrogens (tertiary/aromatic N) is 2. The minimum Gasteiger partial charge on any atom is -0.456 e. The average molecular weight is 463 g/mol. The molecule has 0 radical (unpaired) electrons. The number of furan rings is 1. The van der Waals surface area contributed by atoms with Gasteiger partial charge in [-0.15, -0.1) is 0 Å². The topological polar surface area (TPSA) is 123 Å². The molecule has 10 heteroatoms. The van der Waals surface area contributed by atoms with E-state index < -0.39 is 28.5 Å². The van der Waals surface area contributed by atoms with Crippen LogP contribution in [0.15, 0.2) is 70.0 Å². The molecular weight excluding hydrogens is 446 g/mol. The third-order valence-corrected chi connectivity index (χ3v) is 5.65. The maximum absolute atomic E-state index is 12.7. The van der Waals surface area contributed by atoms with E-state index in [1.54, 1.807) is 48.5 Å². The highest BCUT2D eigenvalue weighted by atomic mass is 32.2. The van der Waals surface area contributed by atoms with E-state index in [-0.39, 0.29) is 22.1 Å². The second kappa shape index (κ2) is 9.13. The summed E-state index contributed by atoms with van der Waals surface area (Å²) in [6.07, 6.45) is 1.38. The van der Waals surface area contributed by atoms with Crippen LogP contribution in [0.2, 0.25) is 0 Å². The highest BCUT2D eigenvalue weighted by molar-refractivity contribution is 8.18. The van der Waals surface area contributed by atoms with Crippen LogP contribution in [0.1, 0.15) is 11.3 Å². The Morgan fingerprint density at radius 1 is 1.15 bits per heavy atom. The molecule has 0 spiro atoms. The maximum Gasteiger partial charge on any atom is 0.294 e. The number of hydrogen-bond donors (Lipinski definition) is 1. The lowest BCUT2D eigenvalue weighted by Crippen LogP contribution is -2.36. The number of amides is 3. The fourth-order valence-electron chi connectivity index (χ4n) is 3.25. The molecule has 0 saturated carbocycles. The van der Waals surface area contributed by atoms with Gasteiger partial charge in [0.2, 0.25) is 5.91 Å². The lowest BCUT2D eigenvalue weighted by molar-refractivity contribution is -0.384. The Morgan fingerprint density at radius 2 is 1.94 bits per heavy atom. The monoisotopic (exact) mass is 463 g/mol. The number of carbonyl (C=O) groups excluding carboxylic acids is 3. The van der Waals surface area contributed by atoms with Crippen molar-refractivity contribution in [2.45, 2.75) is 6.92 Å². The number of anilines is 1. The average Bonchev–Trinajstić information content (AvgIpc) is 3.34. The van der Waals surface area contributed by atoms with Gasteiger partial charge in [-0.1, -0.05) is 24.3 Å². The molecule has 0 bridgehead atoms. The summed E-state index contributed by atoms with van der Waals surface area (Å²) in [4.78, 5) is 49.0. The summed E-state index contributed by atoms with van der Waals surface area (Å²) in [6.45, 7) is 1.46. The normalized spacial score (nSPS) is 14.7. The van der Waals surface area contributed by atoms with Crippen LogP contribution < -0.4 is 5.32 Å². The summed E-state index contributed by atoms with van der Waals surface area (Å²) < 4.78 is 5.66. The van der Waals surface area contributed by atoms with Crippen molar-refractivity contribution in [1.82, 2.24) is 4.90 Å². The first-order valence-corrected chi connectivity index (χ1v) is 10.6. The molecule has 1 aromatic heterocycles. The number of nitrogens with one attached hydrogen (secondary N) is 1. The molecule has 2 aromatic carbocycles. The fraction of sp³-hybridized carbons (Fsp3) is 0.0870. The van der Waals surface area contributed by atoms with Crippen molar-refractivity contribution >= 4 is 46.3 Å². The van der Waals surface area contributed by atoms with E-state index in [0.717, 1.165) is 10.5 Å². The summed E-state index contributed by atoms with van der Waals surface area (Å²) in [5, 5.41) is 13.3. The number of rotatable bonds is 6. The third-order valence-electron chi connectivity index (χ3n) is 4.74. The number of benzene rings is 2. The number of nitro groups is 1. The first-order chi connectivity index (χ1) is 15.8. The number of aryl methyl sites for hydroxylation is 1. The second-order valence-corrected chi connectivity index (χ2v) is 8.15. The number of hydrogen-bond acceptors (Lipinski definition) is 7. The summed E-state index contributed by atoms with van der Waals surface area (Å²) in [5.74, 6) is -0.614. The zero-order chi connectivity index (χ0) is 23.5. The molecular formula is C23H17N3O6S. The van der Waals surface area contributed by atoms with Crippen LogP contribution in [0, 0.1) is 17.0 Å². The van der Waals surface area contributed by atoms with Gasteiger partial charge in [0.15, 0.2) is 0 Å². The number of para-hydroxylation sites is 1. The SMILES string of the molecule is Cc1cccc(NC(=O)CN2C(=O)S/C(=C/c3ccc(-c4ccccc4[N+](=O)[O-])o3)C2=O)c1. The smallest absolute Gasteiger partial charge is 0.294 e. The van der Waals surface area contributed by atoms with Crippen LogP contribution in [-0.2, 0) is 9.59 Å². The lowest BCUT2D eigenvalue weighted by Gasteiger charge is -2.12. The Kier molecular flexibility index (Phi) is 6.09. The number of carbonyl (C=O) groups is 3. The van der Waals surface area contributed by atoms with Gasteiger partial charge in [0, 0.05) is 17.8 Å². The predicted octanol–water partition coefficient (Wildman–Crippen LogP) is 4.84. The van der Waals surface area contributed by atoms with E-state index in [0.29, 0.717) is 23.0 Å². The summed E-state index contributed by atoms with van der Waals surface area (Å²) in [7, 11) is 0. The number of imide groups is 1. The van der Waals surface area contributed by atoms with E-state index in [1.165, 1.54) is 12.1 Å². The molecule has 1 N–H and O–H groups in total. The van der Waals surface area contributed by atoms with Crippen LogP contribution >= 0.6 is 11.8 Å². The quantitative estimate of drug-likeness (QED) is 0.315. The molecule has 33 heavy (non-hydrogen) atoms. The van der Waals surface area contributed by atoms with Crippen molar-refractivity contribution in [3.8, 4) is 11.3 Å². The van der Waals surface area contributed by atoms with E-state index in [1.807, 2.05) is 13.0 Å². The van der Waals surface area contributed by atoms with Crippen LogP contribution in [0.5, 0.6) is 0 Å². The van der Waals surface area contributed by atoms with Gasteiger partial charge in [0.05, 0.1) is 15.4 Å². The summed E-state index contributed by atoms with van der Waals surface area (Å²) in [6, 6.07) is 16.4. The van der Waals surface area contributed by atoms with E-state index in [9.17, 15) is 24.5 Å². The van der Waals surface area contributed by atoms with Crippen molar-refractivity contribution in [1.29, 1.82) is 0 Å². The van der Waals surface area contributed by atoms with Crippen molar-refractivity contribution in [3.63, 3.8) is 0 Å². The first-order valence-electron chi connectivity index (χ1n) is 9.77. The second-order valence-electron chi connectivity index (χ2n) is 7.16. The zero-order valence-electron chi connectivity index (χ0n) is 17.3. The van der Waals surface area contributed by atoms with Gasteiger partial charge in [-0.25, -0.2) is 0 Å². The lowest BCUT2D eigenvalue weighted by atomic mass is 10.1. The highest BCUT2D eigenvalue weighted by Crippen LogP contribution is 2.35. The molecule has 1 fully saturated rings. The Morgan fingerprint density at radius 3 is 2.70 bits per heavy atom. The van der Waals surface area contributed by atoms with Gasteiger partial charge in [0.25, 0.3) is 16.8 Å². The predicted molar refractivity (Wildman–Crippen MR) is 123 cm³/mol. The Labute approximate surface area is 192 Å². The van der Waals surface area contributed by atoms with Gasteiger partial charge in [0.1, 0.15) is 18.1 Å². The molecule has 0 atom stereocenters. The van der Waals surface area contributed by atoms with E-state index in [2.05, 4.69) is 5.32 Å². The number of nitro benzene ring substituents is 1. The zero-order valence-corrected chi connectivity index (χ0v) is 18.1. The standard InChI is InChI=1S/C23H17N3O6S/c1-14-5-4-6-15(11-14)24-21(27)13-25-22(28)20(33-23(25)29)12-16-9-10-19(32-16)17-7-2-3-8-18(17)26(30)31/h2-12H,13H2,1H3,(H,24,27)/b20-12+. The molecule has 3 amide bonds. The molecule has 0 unspecified atom stereocenters. The number of thioether (sulfide) groups is 1. The molecule has 3 aromatic rings. The molecule has 1 saturated heterocycles. The van der Waals surface area contributed by atoms with Gasteiger partial charge >= 0.3 is 0 Å². The van der Waals surface area contributed by atoms with Gasteiger partial charge in [-0.2, -0.15) is 0 Å². The summed E-state index contributed by atoms with van der Waals surface area (Å²) in [5.41, 5.74) is 1.71. The Bertz CT molecular complexity index is 1310. The van der Waals surface area contributed by atoms with Crippen molar-refractivity contribution in [3.05, 3.63) is 87.0 Å². The molecule has 1 aliphatic rings. The van der Waals surface area contributed by atoms with Gasteiger partial charge in [-0.3, -0.25) is 29.4 Å². The van der Waals surface area contributed by atoms with Crippen molar-refractivity contribution in [2.75, 3.05) is 11.9 Å². The maximum atomic E-state index is 12.7. The van der Waals surface area contributed by atoms with Crippen LogP contribution in [0.4, 0.5) is 16.2 Å². The van der Waals surface area contributed by atoms with Gasteiger partial charge < -0.3 is 9.73 Å². The van der Waals surface area contributed by atoms with Crippen molar-refractivity contribution in [2.24, 2.45) is 0 Å². The molecule has 166 valence electrons. The Balaban J connectivity index is 1.48. The summed E-state index contributed by atoms with van der Waals surface area (Å²) >= 11 is 0.691. The molecule has 1 aliphatic heterocycles. The van der Waals surface area contributed by atoms with Gasteiger partial charge in [-0.05, 0) is 54.6 Å². The van der Waals surface area contributed by atoms with E-state index in [4.69, 9.17) is 4.42 Å². The molecule has 4 rings (SSSR count). The van der Waals surface area contributed by atoms with Crippen LogP contribution in [0.3, 0.4) is 0 Å².